The van der Waals surface area contributed by atoms with Crippen molar-refractivity contribution in [3.05, 3.63) is 419 Å². The summed E-state index contributed by atoms with van der Waals surface area (Å²) in [5, 5.41) is 21.8. The summed E-state index contributed by atoms with van der Waals surface area (Å²) >= 11 is 0. The highest BCUT2D eigenvalue weighted by Crippen LogP contribution is 2.47. The third kappa shape index (κ3) is 12.6. The first kappa shape index (κ1) is 68.9. The van der Waals surface area contributed by atoms with Crippen LogP contribution in [0.2, 0.25) is 0 Å². The maximum absolute atomic E-state index is 5.43. The average Bonchev–Trinajstić information content (AvgIpc) is 0.721. The van der Waals surface area contributed by atoms with E-state index in [-0.39, 0.29) is 0 Å². The van der Waals surface area contributed by atoms with Crippen molar-refractivity contribution in [1.29, 1.82) is 0 Å². The number of aromatic nitrogens is 7. The molecule has 0 fully saturated rings. The number of hydrogen-bond donors (Lipinski definition) is 0. The first-order valence-electron chi connectivity index (χ1n) is 40.0. The molecule has 0 N–H and O–H groups in total. The van der Waals surface area contributed by atoms with Crippen LogP contribution in [0, 0.1) is 0 Å². The summed E-state index contributed by atoms with van der Waals surface area (Å²) in [5.74, 6) is 1.35. The van der Waals surface area contributed by atoms with Gasteiger partial charge in [-0.15, -0.1) is 0 Å². The number of hydrogen-bond acceptors (Lipinski definition) is 7. The van der Waals surface area contributed by atoms with Crippen LogP contribution in [0.5, 0.6) is 0 Å². The molecule has 548 valence electrons. The molecule has 0 saturated heterocycles. The van der Waals surface area contributed by atoms with Crippen molar-refractivity contribution in [3.63, 3.8) is 0 Å². The van der Waals surface area contributed by atoms with Gasteiger partial charge in [0, 0.05) is 77.5 Å². The Morgan fingerprint density at radius 2 is 0.458 bits per heavy atom. The Morgan fingerprint density at radius 3 is 0.966 bits per heavy atom. The van der Waals surface area contributed by atoms with Gasteiger partial charge in [-0.2, -0.15) is 0 Å². The van der Waals surface area contributed by atoms with Gasteiger partial charge in [0.2, 0.25) is 0 Å². The number of nitrogens with zero attached hydrogens (tertiary/aromatic N) is 7. The molecular weight excluding hydrogens is 1430 g/mol. The minimum absolute atomic E-state index is 0.656. The molecule has 7 nitrogen and oxygen atoms in total. The monoisotopic (exact) mass is 1500 g/mol. The lowest BCUT2D eigenvalue weighted by atomic mass is 9.89. The fraction of sp³-hybridized carbons (Fsp3) is 0. The minimum atomic E-state index is 0.656. The zero-order valence-corrected chi connectivity index (χ0v) is 64.0. The van der Waals surface area contributed by atoms with Gasteiger partial charge < -0.3 is 0 Å². The van der Waals surface area contributed by atoms with Crippen LogP contribution in [-0.4, -0.2) is 34.9 Å². The van der Waals surface area contributed by atoms with E-state index in [1.54, 1.807) is 6.20 Å². The summed E-state index contributed by atoms with van der Waals surface area (Å²) in [7, 11) is 0. The molecule has 0 radical (unpaired) electrons. The van der Waals surface area contributed by atoms with Crippen molar-refractivity contribution >= 4 is 108 Å². The van der Waals surface area contributed by atoms with Crippen molar-refractivity contribution in [2.45, 2.75) is 0 Å². The Kier molecular flexibility index (Phi) is 17.1. The molecule has 23 aromatic rings. The van der Waals surface area contributed by atoms with Crippen molar-refractivity contribution < 1.29 is 0 Å². The van der Waals surface area contributed by atoms with Gasteiger partial charge in [0.1, 0.15) is 0 Å². The molecular formula is C111H69N7. The van der Waals surface area contributed by atoms with E-state index in [1.165, 1.54) is 80.8 Å². The lowest BCUT2D eigenvalue weighted by Crippen LogP contribution is -1.97. The molecule has 23 rings (SSSR count). The lowest BCUT2D eigenvalue weighted by Gasteiger charge is -2.16. The van der Waals surface area contributed by atoms with Gasteiger partial charge in [-0.05, 0) is 171 Å². The number of pyridine rings is 3. The Morgan fingerprint density at radius 1 is 0.144 bits per heavy atom. The molecule has 7 heteroatoms. The van der Waals surface area contributed by atoms with E-state index in [0.717, 1.165) is 139 Å². The molecule has 0 aliphatic heterocycles. The smallest absolute Gasteiger partial charge is 0.160 e. The number of fused-ring (bicyclic) bond motifs is 18. The zero-order chi connectivity index (χ0) is 78.0. The molecule has 0 spiro atoms. The Labute approximate surface area is 680 Å². The molecule has 0 amide bonds. The molecule has 0 bridgehead atoms. The topological polar surface area (TPSA) is 90.2 Å². The van der Waals surface area contributed by atoms with Gasteiger partial charge in [0.15, 0.2) is 11.6 Å². The summed E-state index contributed by atoms with van der Waals surface area (Å²) in [4.78, 5) is 36.1. The molecule has 0 unspecified atom stereocenters. The minimum Gasteiger partial charge on any atom is -0.255 e. The Bertz CT molecular complexity index is 7840. The van der Waals surface area contributed by atoms with Crippen LogP contribution in [0.3, 0.4) is 0 Å². The van der Waals surface area contributed by atoms with E-state index in [0.29, 0.717) is 11.6 Å². The highest BCUT2D eigenvalue weighted by molar-refractivity contribution is 6.35. The molecule has 0 aliphatic rings. The van der Waals surface area contributed by atoms with Gasteiger partial charge in [-0.3, -0.25) is 4.98 Å². The van der Waals surface area contributed by atoms with Crippen LogP contribution in [-0.2, 0) is 0 Å². The summed E-state index contributed by atoms with van der Waals surface area (Å²) in [5.41, 5.74) is 22.0. The van der Waals surface area contributed by atoms with E-state index in [2.05, 4.69) is 387 Å². The van der Waals surface area contributed by atoms with Crippen molar-refractivity contribution in [2.75, 3.05) is 0 Å². The largest absolute Gasteiger partial charge is 0.255 e. The van der Waals surface area contributed by atoms with Gasteiger partial charge in [-0.1, -0.05) is 340 Å². The highest BCUT2D eigenvalue weighted by Gasteiger charge is 2.23. The quantitative estimate of drug-likeness (QED) is 0.119. The number of benzene rings is 18. The Hall–Kier alpha value is -15.8. The van der Waals surface area contributed by atoms with E-state index >= 15 is 0 Å². The van der Waals surface area contributed by atoms with Crippen LogP contribution >= 0.6 is 0 Å². The van der Waals surface area contributed by atoms with E-state index in [1.807, 2.05) is 30.3 Å². The fourth-order valence-corrected chi connectivity index (χ4v) is 17.4. The van der Waals surface area contributed by atoms with Gasteiger partial charge in [-0.25, -0.2) is 29.9 Å². The third-order valence-corrected chi connectivity index (χ3v) is 23.1. The molecule has 0 atom stereocenters. The number of rotatable bonds is 11. The summed E-state index contributed by atoms with van der Waals surface area (Å²) in [6.45, 7) is 0. The van der Waals surface area contributed by atoms with E-state index in [9.17, 15) is 0 Å². The second-order valence-corrected chi connectivity index (χ2v) is 30.2. The van der Waals surface area contributed by atoms with Crippen molar-refractivity contribution in [3.8, 4) is 124 Å². The van der Waals surface area contributed by atoms with Gasteiger partial charge in [0.25, 0.3) is 0 Å². The molecule has 0 saturated carbocycles. The number of para-hydroxylation sites is 2. The van der Waals surface area contributed by atoms with Crippen molar-refractivity contribution in [2.24, 2.45) is 0 Å². The lowest BCUT2D eigenvalue weighted by molar-refractivity contribution is 1.16. The van der Waals surface area contributed by atoms with E-state index < -0.39 is 0 Å². The SMILES string of the molecule is c1cc(-c2cccc(-c3nc4ccccc4c4c5ccccc5c5ccccc5c34)c2)cc(-c2cc(-c3ccc4ccccc4c3)nc(-c3ccc4ccccc4c3)n2)c1.c1ccc(-c2cccc(-c3nc(-c4ccc(-c5cccc(-c6nc7ccccc7c7c8ccccc8c8ccccc8c67)c5)cc4)cc(-c4ccccn4)n3)c2)cc1. The normalized spacial score (nSPS) is 11.6. The summed E-state index contributed by atoms with van der Waals surface area (Å²) < 4.78 is 0. The molecule has 5 heterocycles. The van der Waals surface area contributed by atoms with Crippen LogP contribution in [0.25, 0.3) is 232 Å². The van der Waals surface area contributed by atoms with Crippen LogP contribution in [0.1, 0.15) is 0 Å². The summed E-state index contributed by atoms with van der Waals surface area (Å²) in [6, 6.07) is 146. The highest BCUT2D eigenvalue weighted by atomic mass is 14.9. The maximum Gasteiger partial charge on any atom is 0.160 e. The molecule has 0 aliphatic carbocycles. The predicted octanol–water partition coefficient (Wildman–Crippen LogP) is 29.0. The standard InChI is InChI=1S/C57H35N3.C54H34N4/c1-3-15-38-31-43(29-27-36(38)13-1)53-35-52(59-57(60-53)45-30-28-37-14-2-4-16-39(37)34-45)42-19-11-17-40(32-42)41-18-12-20-44(33-41)56-55-49-24-8-6-22-47(49)46-21-5-7-23-48(46)54(55)50-25-9-10-26-51(50)58-56;1-2-14-35(15-3-1)39-17-13-19-41(33-39)54-57-49(34-50(58-54)48-26-10-11-31-55-48)37-29-27-36(28-30-37)38-16-12-18-40(32-38)53-52-45-23-7-5-21-43(45)42-20-4-6-22-44(42)51(52)46-24-8-9-25-47(46)56-53/h1-35H;1-34H. The van der Waals surface area contributed by atoms with Crippen molar-refractivity contribution in [1.82, 2.24) is 34.9 Å². The van der Waals surface area contributed by atoms with Gasteiger partial charge >= 0.3 is 0 Å². The van der Waals surface area contributed by atoms with Crippen LogP contribution < -0.4 is 0 Å². The summed E-state index contributed by atoms with van der Waals surface area (Å²) in [6.07, 6.45) is 1.80. The molecule has 118 heavy (non-hydrogen) atoms. The second-order valence-electron chi connectivity index (χ2n) is 30.2. The Balaban J connectivity index is 0.000000142. The van der Waals surface area contributed by atoms with Gasteiger partial charge in [0.05, 0.1) is 50.9 Å². The first-order chi connectivity index (χ1) is 58.5. The van der Waals surface area contributed by atoms with Crippen LogP contribution in [0.15, 0.2) is 419 Å². The second kappa shape index (κ2) is 29.3. The van der Waals surface area contributed by atoms with Crippen LogP contribution in [0.4, 0.5) is 0 Å². The zero-order valence-electron chi connectivity index (χ0n) is 64.0. The molecule has 5 aromatic heterocycles. The predicted molar refractivity (Wildman–Crippen MR) is 492 cm³/mol. The third-order valence-electron chi connectivity index (χ3n) is 23.1. The molecule has 18 aromatic carbocycles. The first-order valence-corrected chi connectivity index (χ1v) is 40.0. The maximum atomic E-state index is 5.43. The fourth-order valence-electron chi connectivity index (χ4n) is 17.4. The van der Waals surface area contributed by atoms with E-state index in [4.69, 9.17) is 29.9 Å². The average molecular weight is 1500 g/mol.